The molecule has 1 aromatic heterocycles. The molecule has 0 saturated heterocycles. The van der Waals surface area contributed by atoms with Crippen LogP contribution in [0.15, 0.2) is 64.9 Å². The van der Waals surface area contributed by atoms with Gasteiger partial charge in [0, 0.05) is 16.6 Å². The van der Waals surface area contributed by atoms with Crippen LogP contribution in [0.3, 0.4) is 0 Å². The number of aromatic nitrogens is 1. The molecule has 0 radical (unpaired) electrons. The number of nitrogens with one attached hydrogen (secondary N) is 1. The Balaban J connectivity index is 1.84. The quantitative estimate of drug-likeness (QED) is 0.710. The third-order valence-electron chi connectivity index (χ3n) is 2.96. The van der Waals surface area contributed by atoms with E-state index in [2.05, 4.69) is 10.3 Å². The molecule has 0 spiro atoms. The summed E-state index contributed by atoms with van der Waals surface area (Å²) in [5.74, 6) is 0. The first kappa shape index (κ1) is 14.7. The molecule has 5 nitrogen and oxygen atoms in total. The smallest absolute Gasteiger partial charge is 0.294 e. The zero-order chi connectivity index (χ0) is 15.6. The van der Waals surface area contributed by atoms with Crippen LogP contribution < -0.4 is 5.32 Å². The maximum atomic E-state index is 11.1. The first-order valence-electron chi connectivity index (χ1n) is 6.38. The minimum absolute atomic E-state index is 0.155. The highest BCUT2D eigenvalue weighted by Gasteiger charge is 2.10. The lowest BCUT2D eigenvalue weighted by atomic mass is 10.2. The maximum Gasteiger partial charge on any atom is 0.294 e. The summed E-state index contributed by atoms with van der Waals surface area (Å²) in [5.41, 5.74) is 2.40. The second kappa shape index (κ2) is 5.88. The standard InChI is InChI=1S/C15H12N2O3S2/c18-22(19,20)13-8-4-7-12(9-13)16-15-17-14(10-21-15)11-5-2-1-3-6-11/h1-10H,(H,16,17)(H,18,19,20). The molecule has 112 valence electrons. The number of thiazole rings is 1. The van der Waals surface area contributed by atoms with Crippen molar-refractivity contribution in [3.8, 4) is 11.3 Å². The van der Waals surface area contributed by atoms with E-state index in [1.165, 1.54) is 23.5 Å². The van der Waals surface area contributed by atoms with Crippen molar-refractivity contribution in [3.63, 3.8) is 0 Å². The van der Waals surface area contributed by atoms with E-state index in [1.54, 1.807) is 12.1 Å². The molecule has 2 N–H and O–H groups in total. The molecule has 0 atom stereocenters. The number of hydrogen-bond donors (Lipinski definition) is 2. The monoisotopic (exact) mass is 332 g/mol. The van der Waals surface area contributed by atoms with Gasteiger partial charge >= 0.3 is 0 Å². The van der Waals surface area contributed by atoms with Crippen molar-refractivity contribution < 1.29 is 13.0 Å². The van der Waals surface area contributed by atoms with E-state index in [4.69, 9.17) is 4.55 Å². The van der Waals surface area contributed by atoms with Gasteiger partial charge in [-0.25, -0.2) is 4.98 Å². The summed E-state index contributed by atoms with van der Waals surface area (Å²) in [6.45, 7) is 0. The van der Waals surface area contributed by atoms with Gasteiger partial charge in [0.25, 0.3) is 10.1 Å². The van der Waals surface area contributed by atoms with Gasteiger partial charge in [-0.15, -0.1) is 11.3 Å². The Labute approximate surface area is 132 Å². The Morgan fingerprint density at radius 2 is 1.82 bits per heavy atom. The normalized spacial score (nSPS) is 11.3. The van der Waals surface area contributed by atoms with E-state index >= 15 is 0 Å². The Kier molecular flexibility index (Phi) is 3.93. The van der Waals surface area contributed by atoms with Crippen molar-refractivity contribution >= 4 is 32.3 Å². The van der Waals surface area contributed by atoms with Gasteiger partial charge < -0.3 is 5.32 Å². The molecule has 0 amide bonds. The van der Waals surface area contributed by atoms with Gasteiger partial charge in [-0.3, -0.25) is 4.55 Å². The summed E-state index contributed by atoms with van der Waals surface area (Å²) in [5, 5.41) is 5.60. The molecule has 0 bridgehead atoms. The molecule has 1 heterocycles. The molecule has 0 aliphatic heterocycles. The first-order chi connectivity index (χ1) is 10.5. The number of hydrogen-bond acceptors (Lipinski definition) is 5. The van der Waals surface area contributed by atoms with Crippen molar-refractivity contribution in [1.82, 2.24) is 4.98 Å². The van der Waals surface area contributed by atoms with Gasteiger partial charge in [-0.05, 0) is 18.2 Å². The van der Waals surface area contributed by atoms with Crippen LogP contribution in [0.4, 0.5) is 10.8 Å². The predicted octanol–water partition coefficient (Wildman–Crippen LogP) is 3.80. The summed E-state index contributed by atoms with van der Waals surface area (Å²) >= 11 is 1.42. The van der Waals surface area contributed by atoms with Crippen molar-refractivity contribution in [2.75, 3.05) is 5.32 Å². The van der Waals surface area contributed by atoms with Gasteiger partial charge in [0.05, 0.1) is 10.6 Å². The SMILES string of the molecule is O=S(=O)(O)c1cccc(Nc2nc(-c3ccccc3)cs2)c1. The number of rotatable bonds is 4. The fourth-order valence-corrected chi connectivity index (χ4v) is 3.20. The summed E-state index contributed by atoms with van der Waals surface area (Å²) in [7, 11) is -4.21. The largest absolute Gasteiger partial charge is 0.331 e. The Hall–Kier alpha value is -2.22. The molecule has 3 rings (SSSR count). The van der Waals surface area contributed by atoms with Gasteiger partial charge in [0.2, 0.25) is 0 Å². The molecule has 7 heteroatoms. The summed E-state index contributed by atoms with van der Waals surface area (Å²) < 4.78 is 31.3. The molecule has 0 aliphatic rings. The van der Waals surface area contributed by atoms with Crippen LogP contribution in [-0.4, -0.2) is 18.0 Å². The molecular formula is C15H12N2O3S2. The van der Waals surface area contributed by atoms with Crippen molar-refractivity contribution in [3.05, 3.63) is 60.0 Å². The van der Waals surface area contributed by atoms with Gasteiger partial charge in [0.15, 0.2) is 5.13 Å². The van der Waals surface area contributed by atoms with Crippen LogP contribution in [0.25, 0.3) is 11.3 Å². The molecule has 0 saturated carbocycles. The maximum absolute atomic E-state index is 11.1. The average molecular weight is 332 g/mol. The highest BCUT2D eigenvalue weighted by Crippen LogP contribution is 2.27. The fourth-order valence-electron chi connectivity index (χ4n) is 1.93. The predicted molar refractivity (Wildman–Crippen MR) is 87.1 cm³/mol. The molecule has 0 aliphatic carbocycles. The molecule has 0 fully saturated rings. The van der Waals surface area contributed by atoms with Crippen LogP contribution in [0.5, 0.6) is 0 Å². The lowest BCUT2D eigenvalue weighted by molar-refractivity contribution is 0.483. The zero-order valence-electron chi connectivity index (χ0n) is 11.3. The van der Waals surface area contributed by atoms with E-state index < -0.39 is 10.1 Å². The van der Waals surface area contributed by atoms with E-state index in [0.29, 0.717) is 10.8 Å². The first-order valence-corrected chi connectivity index (χ1v) is 8.70. The topological polar surface area (TPSA) is 79.3 Å². The Morgan fingerprint density at radius 1 is 1.05 bits per heavy atom. The summed E-state index contributed by atoms with van der Waals surface area (Å²) in [4.78, 5) is 4.31. The van der Waals surface area contributed by atoms with E-state index in [9.17, 15) is 8.42 Å². The number of nitrogens with zero attached hydrogens (tertiary/aromatic N) is 1. The minimum Gasteiger partial charge on any atom is -0.331 e. The fraction of sp³-hybridized carbons (Fsp3) is 0. The summed E-state index contributed by atoms with van der Waals surface area (Å²) in [6, 6.07) is 15.7. The number of benzene rings is 2. The third kappa shape index (κ3) is 3.33. The summed E-state index contributed by atoms with van der Waals surface area (Å²) in [6.07, 6.45) is 0. The van der Waals surface area contributed by atoms with Crippen molar-refractivity contribution in [2.24, 2.45) is 0 Å². The molecular weight excluding hydrogens is 320 g/mol. The molecule has 2 aromatic carbocycles. The van der Waals surface area contributed by atoms with Crippen LogP contribution in [0, 0.1) is 0 Å². The molecule has 0 unspecified atom stereocenters. The lowest BCUT2D eigenvalue weighted by Crippen LogP contribution is -1.99. The minimum atomic E-state index is -4.21. The van der Waals surface area contributed by atoms with Crippen LogP contribution in [0.1, 0.15) is 0 Å². The van der Waals surface area contributed by atoms with Crippen LogP contribution >= 0.6 is 11.3 Å². The molecule has 3 aromatic rings. The van der Waals surface area contributed by atoms with Gasteiger partial charge in [0.1, 0.15) is 0 Å². The van der Waals surface area contributed by atoms with E-state index in [0.717, 1.165) is 11.3 Å². The second-order valence-corrected chi connectivity index (χ2v) is 6.81. The lowest BCUT2D eigenvalue weighted by Gasteiger charge is -2.04. The second-order valence-electron chi connectivity index (χ2n) is 4.53. The molecule has 22 heavy (non-hydrogen) atoms. The average Bonchev–Trinajstić information content (AvgIpc) is 2.96. The number of anilines is 2. The zero-order valence-corrected chi connectivity index (χ0v) is 12.9. The highest BCUT2D eigenvalue weighted by molar-refractivity contribution is 7.85. The van der Waals surface area contributed by atoms with Crippen LogP contribution in [-0.2, 0) is 10.1 Å². The Bertz CT molecular complexity index is 890. The highest BCUT2D eigenvalue weighted by atomic mass is 32.2. The Morgan fingerprint density at radius 3 is 2.55 bits per heavy atom. The van der Waals surface area contributed by atoms with Crippen molar-refractivity contribution in [1.29, 1.82) is 0 Å². The van der Waals surface area contributed by atoms with Gasteiger partial charge in [-0.2, -0.15) is 8.42 Å². The van der Waals surface area contributed by atoms with Crippen LogP contribution in [0.2, 0.25) is 0 Å². The third-order valence-corrected chi connectivity index (χ3v) is 4.56. The van der Waals surface area contributed by atoms with E-state index in [-0.39, 0.29) is 4.90 Å². The van der Waals surface area contributed by atoms with Gasteiger partial charge in [-0.1, -0.05) is 36.4 Å². The van der Waals surface area contributed by atoms with E-state index in [1.807, 2.05) is 35.7 Å². The van der Waals surface area contributed by atoms with Crippen molar-refractivity contribution in [2.45, 2.75) is 4.90 Å².